The van der Waals surface area contributed by atoms with Gasteiger partial charge in [-0.3, -0.25) is 4.79 Å². The number of hydrogen-bond acceptors (Lipinski definition) is 1. The Labute approximate surface area is 56.4 Å². The molecule has 0 aromatic heterocycles. The van der Waals surface area contributed by atoms with Crippen LogP contribution in [0.3, 0.4) is 0 Å². The van der Waals surface area contributed by atoms with Gasteiger partial charge in [-0.2, -0.15) is 0 Å². The highest BCUT2D eigenvalue weighted by Gasteiger charge is 2.15. The van der Waals surface area contributed by atoms with E-state index in [1.807, 2.05) is 13.8 Å². The van der Waals surface area contributed by atoms with Crippen LogP contribution in [0.4, 0.5) is 0 Å². The molecule has 0 saturated carbocycles. The standard InChI is InChI=1S/C7H14NO/c1-4-6(5(2)3)7(8)9/h5-6H,1,4H2,2-3H3,(H2,8,9). The highest BCUT2D eigenvalue weighted by atomic mass is 16.1. The maximum absolute atomic E-state index is 10.6. The lowest BCUT2D eigenvalue weighted by Crippen LogP contribution is -2.26. The van der Waals surface area contributed by atoms with Gasteiger partial charge in [-0.15, -0.1) is 0 Å². The predicted molar refractivity (Wildman–Crippen MR) is 37.5 cm³/mol. The SMILES string of the molecule is [CH2]CC(C(N)=O)C(C)C. The first-order valence-corrected chi connectivity index (χ1v) is 3.18. The Hall–Kier alpha value is -0.530. The van der Waals surface area contributed by atoms with Crippen molar-refractivity contribution in [1.29, 1.82) is 0 Å². The third kappa shape index (κ3) is 2.49. The monoisotopic (exact) mass is 128 g/mol. The number of nitrogens with two attached hydrogens (primary N) is 1. The van der Waals surface area contributed by atoms with Gasteiger partial charge in [0.05, 0.1) is 0 Å². The Bertz CT molecular complexity index is 99.1. The lowest BCUT2D eigenvalue weighted by molar-refractivity contribution is -0.122. The van der Waals surface area contributed by atoms with Gasteiger partial charge >= 0.3 is 0 Å². The summed E-state index contributed by atoms with van der Waals surface area (Å²) in [7, 11) is 0. The zero-order valence-electron chi connectivity index (χ0n) is 6.05. The van der Waals surface area contributed by atoms with Crippen molar-refractivity contribution < 1.29 is 4.79 Å². The molecule has 0 aromatic carbocycles. The van der Waals surface area contributed by atoms with Crippen LogP contribution in [0.5, 0.6) is 0 Å². The van der Waals surface area contributed by atoms with Crippen molar-refractivity contribution in [2.24, 2.45) is 17.6 Å². The molecule has 0 aliphatic carbocycles. The molecular formula is C7H14NO. The third-order valence-electron chi connectivity index (χ3n) is 1.48. The summed E-state index contributed by atoms with van der Waals surface area (Å²) in [4.78, 5) is 10.6. The molecule has 1 radical (unpaired) electrons. The minimum absolute atomic E-state index is 0.0509. The highest BCUT2D eigenvalue weighted by molar-refractivity contribution is 5.76. The Morgan fingerprint density at radius 2 is 2.11 bits per heavy atom. The molecule has 0 fully saturated rings. The minimum Gasteiger partial charge on any atom is -0.369 e. The summed E-state index contributed by atoms with van der Waals surface area (Å²) in [5.74, 6) is 0.0324. The molecule has 1 atom stereocenters. The van der Waals surface area contributed by atoms with Crippen molar-refractivity contribution in [1.82, 2.24) is 0 Å². The van der Waals surface area contributed by atoms with Crippen LogP contribution in [0.15, 0.2) is 0 Å². The zero-order valence-corrected chi connectivity index (χ0v) is 6.05. The fraction of sp³-hybridized carbons (Fsp3) is 0.714. The Balaban J connectivity index is 3.83. The molecule has 0 aliphatic heterocycles. The van der Waals surface area contributed by atoms with Crippen molar-refractivity contribution in [2.75, 3.05) is 0 Å². The molecule has 0 spiro atoms. The topological polar surface area (TPSA) is 43.1 Å². The number of hydrogen-bond donors (Lipinski definition) is 1. The molecule has 2 N–H and O–H groups in total. The lowest BCUT2D eigenvalue weighted by atomic mass is 9.93. The average Bonchev–Trinajstić information content (AvgIpc) is 1.64. The number of primary amides is 1. The summed E-state index contributed by atoms with van der Waals surface area (Å²) in [5, 5.41) is 0. The molecule has 1 amide bonds. The maximum atomic E-state index is 10.6. The largest absolute Gasteiger partial charge is 0.369 e. The van der Waals surface area contributed by atoms with E-state index in [2.05, 4.69) is 6.92 Å². The summed E-state index contributed by atoms with van der Waals surface area (Å²) in [6.45, 7) is 7.57. The first kappa shape index (κ1) is 8.47. The molecule has 0 rings (SSSR count). The fourth-order valence-electron chi connectivity index (χ4n) is 0.804. The van der Waals surface area contributed by atoms with E-state index in [0.29, 0.717) is 12.3 Å². The highest BCUT2D eigenvalue weighted by Crippen LogP contribution is 2.12. The van der Waals surface area contributed by atoms with E-state index < -0.39 is 0 Å². The van der Waals surface area contributed by atoms with Crippen molar-refractivity contribution in [3.8, 4) is 0 Å². The van der Waals surface area contributed by atoms with E-state index in [1.54, 1.807) is 0 Å². The number of rotatable bonds is 3. The van der Waals surface area contributed by atoms with Gasteiger partial charge in [0.25, 0.3) is 0 Å². The van der Waals surface area contributed by atoms with Crippen LogP contribution < -0.4 is 5.73 Å². The van der Waals surface area contributed by atoms with Gasteiger partial charge in [0.1, 0.15) is 0 Å². The average molecular weight is 128 g/mol. The molecule has 0 aromatic rings. The number of amides is 1. The van der Waals surface area contributed by atoms with Crippen molar-refractivity contribution in [2.45, 2.75) is 20.3 Å². The molecule has 1 unspecified atom stereocenters. The van der Waals surface area contributed by atoms with E-state index in [-0.39, 0.29) is 11.8 Å². The summed E-state index contributed by atoms with van der Waals surface area (Å²) < 4.78 is 0. The van der Waals surface area contributed by atoms with Crippen LogP contribution in [0.1, 0.15) is 20.3 Å². The first-order valence-electron chi connectivity index (χ1n) is 3.18. The van der Waals surface area contributed by atoms with E-state index in [1.165, 1.54) is 0 Å². The summed E-state index contributed by atoms with van der Waals surface area (Å²) in [6, 6.07) is 0. The van der Waals surface area contributed by atoms with E-state index >= 15 is 0 Å². The molecule has 2 heteroatoms. The normalized spacial score (nSPS) is 13.8. The minimum atomic E-state index is -0.236. The second-order valence-corrected chi connectivity index (χ2v) is 2.54. The maximum Gasteiger partial charge on any atom is 0.220 e. The van der Waals surface area contributed by atoms with Gasteiger partial charge in [0.2, 0.25) is 5.91 Å². The van der Waals surface area contributed by atoms with Crippen LogP contribution in [-0.2, 0) is 4.79 Å². The number of carbonyl (C=O) groups is 1. The van der Waals surface area contributed by atoms with Gasteiger partial charge in [-0.25, -0.2) is 0 Å². The quantitative estimate of drug-likeness (QED) is 0.604. The zero-order chi connectivity index (χ0) is 7.44. The number of carbonyl (C=O) groups excluding carboxylic acids is 1. The lowest BCUT2D eigenvalue weighted by Gasteiger charge is -2.13. The smallest absolute Gasteiger partial charge is 0.220 e. The molecule has 0 heterocycles. The van der Waals surface area contributed by atoms with Crippen LogP contribution in [-0.4, -0.2) is 5.91 Å². The molecule has 0 saturated heterocycles. The van der Waals surface area contributed by atoms with Gasteiger partial charge < -0.3 is 5.73 Å². The van der Waals surface area contributed by atoms with Crippen molar-refractivity contribution in [3.05, 3.63) is 6.92 Å². The Morgan fingerprint density at radius 3 is 2.11 bits per heavy atom. The second kappa shape index (κ2) is 3.49. The van der Waals surface area contributed by atoms with Crippen molar-refractivity contribution >= 4 is 5.91 Å². The first-order chi connectivity index (χ1) is 4.09. The van der Waals surface area contributed by atoms with Crippen LogP contribution >= 0.6 is 0 Å². The summed E-state index contributed by atoms with van der Waals surface area (Å²) in [6.07, 6.45) is 0.604. The fourth-order valence-corrected chi connectivity index (χ4v) is 0.804. The van der Waals surface area contributed by atoms with E-state index in [0.717, 1.165) is 0 Å². The Morgan fingerprint density at radius 1 is 1.67 bits per heavy atom. The molecule has 9 heavy (non-hydrogen) atoms. The summed E-state index contributed by atoms with van der Waals surface area (Å²) >= 11 is 0. The molecule has 53 valence electrons. The van der Waals surface area contributed by atoms with Crippen LogP contribution in [0.25, 0.3) is 0 Å². The molecule has 0 aliphatic rings. The van der Waals surface area contributed by atoms with Crippen molar-refractivity contribution in [3.63, 3.8) is 0 Å². The third-order valence-corrected chi connectivity index (χ3v) is 1.48. The van der Waals surface area contributed by atoms with Gasteiger partial charge in [-0.05, 0) is 12.3 Å². The summed E-state index contributed by atoms with van der Waals surface area (Å²) in [5.41, 5.74) is 5.07. The molecule has 2 nitrogen and oxygen atoms in total. The van der Waals surface area contributed by atoms with E-state index in [9.17, 15) is 4.79 Å². The van der Waals surface area contributed by atoms with E-state index in [4.69, 9.17) is 5.73 Å². The van der Waals surface area contributed by atoms with Gasteiger partial charge in [-0.1, -0.05) is 20.8 Å². The predicted octanol–water partition coefficient (Wildman–Crippen LogP) is 0.968. The second-order valence-electron chi connectivity index (χ2n) is 2.54. The van der Waals surface area contributed by atoms with Crippen LogP contribution in [0.2, 0.25) is 0 Å². The molecular weight excluding hydrogens is 114 g/mol. The van der Waals surface area contributed by atoms with Crippen LogP contribution in [0, 0.1) is 18.8 Å². The molecule has 0 bridgehead atoms. The Kier molecular flexibility index (Phi) is 3.28. The van der Waals surface area contributed by atoms with Gasteiger partial charge in [0.15, 0.2) is 0 Å². The van der Waals surface area contributed by atoms with Gasteiger partial charge in [0, 0.05) is 5.92 Å².